The van der Waals surface area contributed by atoms with Crippen LogP contribution in [-0.2, 0) is 14.8 Å². The molecule has 0 saturated heterocycles. The van der Waals surface area contributed by atoms with Crippen molar-refractivity contribution in [3.63, 3.8) is 0 Å². The van der Waals surface area contributed by atoms with Crippen molar-refractivity contribution in [2.24, 2.45) is 0 Å². The van der Waals surface area contributed by atoms with Crippen molar-refractivity contribution in [1.82, 2.24) is 4.72 Å². The Balaban J connectivity index is 3.55. The van der Waals surface area contributed by atoms with E-state index < -0.39 is 38.1 Å². The average molecular weight is 265 g/mol. The number of hydrogen-bond donors (Lipinski definition) is 1. The number of rotatable bonds is 3. The Morgan fingerprint density at radius 2 is 1.94 bits per heavy atom. The normalized spacial score (nSPS) is 11.3. The van der Waals surface area contributed by atoms with Crippen molar-refractivity contribution in [2.45, 2.75) is 4.90 Å². The van der Waals surface area contributed by atoms with Gasteiger partial charge in [0.2, 0.25) is 10.0 Å². The van der Waals surface area contributed by atoms with Gasteiger partial charge in [0.15, 0.2) is 5.82 Å². The van der Waals surface area contributed by atoms with Crippen LogP contribution in [0.5, 0.6) is 0 Å². The molecule has 0 fully saturated rings. The maximum Gasteiger partial charge on any atom is 0.343 e. The van der Waals surface area contributed by atoms with Crippen LogP contribution in [0.2, 0.25) is 0 Å². The first-order valence-corrected chi connectivity index (χ1v) is 5.83. The fraction of sp³-hybridized carbons (Fsp3) is 0.222. The highest BCUT2D eigenvalue weighted by atomic mass is 32.2. The Morgan fingerprint density at radius 3 is 2.41 bits per heavy atom. The van der Waals surface area contributed by atoms with Crippen LogP contribution in [0.15, 0.2) is 17.0 Å². The number of benzene rings is 1. The molecule has 0 unspecified atom stereocenters. The van der Waals surface area contributed by atoms with Gasteiger partial charge in [0.1, 0.15) is 16.3 Å². The first kappa shape index (κ1) is 13.5. The number of methoxy groups -OCH3 is 1. The van der Waals surface area contributed by atoms with Gasteiger partial charge < -0.3 is 4.74 Å². The second kappa shape index (κ2) is 4.76. The largest absolute Gasteiger partial charge is 0.465 e. The van der Waals surface area contributed by atoms with Gasteiger partial charge in [-0.2, -0.15) is 0 Å². The zero-order valence-electron chi connectivity index (χ0n) is 8.95. The summed E-state index contributed by atoms with van der Waals surface area (Å²) in [6.45, 7) is 0. The monoisotopic (exact) mass is 265 g/mol. The molecular weight excluding hydrogens is 256 g/mol. The third-order valence-electron chi connectivity index (χ3n) is 2.00. The van der Waals surface area contributed by atoms with E-state index in [2.05, 4.69) is 4.74 Å². The molecule has 8 heteroatoms. The minimum Gasteiger partial charge on any atom is -0.465 e. The molecule has 0 bridgehead atoms. The SMILES string of the molecule is CNS(=O)(=O)c1ccc(F)c(C(=O)OC)c1F. The van der Waals surface area contributed by atoms with Crippen molar-refractivity contribution in [3.05, 3.63) is 29.3 Å². The van der Waals surface area contributed by atoms with E-state index in [0.717, 1.165) is 20.2 Å². The molecule has 0 heterocycles. The number of ether oxygens (including phenoxy) is 1. The van der Waals surface area contributed by atoms with E-state index in [9.17, 15) is 22.0 Å². The van der Waals surface area contributed by atoms with Gasteiger partial charge in [-0.1, -0.05) is 0 Å². The van der Waals surface area contributed by atoms with Crippen LogP contribution in [0, 0.1) is 11.6 Å². The Labute approximate surface area is 96.4 Å². The van der Waals surface area contributed by atoms with Crippen molar-refractivity contribution in [1.29, 1.82) is 0 Å². The summed E-state index contributed by atoms with van der Waals surface area (Å²) in [7, 11) is -2.11. The maximum atomic E-state index is 13.7. The minimum absolute atomic E-state index is 0.680. The van der Waals surface area contributed by atoms with Crippen LogP contribution in [0.4, 0.5) is 8.78 Å². The highest BCUT2D eigenvalue weighted by Crippen LogP contribution is 2.21. The summed E-state index contributed by atoms with van der Waals surface area (Å²) in [5, 5.41) is 0. The summed E-state index contributed by atoms with van der Waals surface area (Å²) >= 11 is 0. The third-order valence-corrected chi connectivity index (χ3v) is 3.44. The summed E-state index contributed by atoms with van der Waals surface area (Å²) in [6, 6.07) is 1.41. The first-order valence-electron chi connectivity index (χ1n) is 4.35. The molecule has 0 aliphatic heterocycles. The molecule has 17 heavy (non-hydrogen) atoms. The molecule has 1 aromatic rings. The predicted octanol–water partition coefficient (Wildman–Crippen LogP) is 0.659. The van der Waals surface area contributed by atoms with Crippen LogP contribution >= 0.6 is 0 Å². The highest BCUT2D eigenvalue weighted by molar-refractivity contribution is 7.89. The summed E-state index contributed by atoms with van der Waals surface area (Å²) in [5.41, 5.74) is -1.04. The number of hydrogen-bond acceptors (Lipinski definition) is 4. The molecule has 0 aliphatic carbocycles. The molecular formula is C9H9F2NO4S. The van der Waals surface area contributed by atoms with Gasteiger partial charge in [-0.05, 0) is 19.2 Å². The van der Waals surface area contributed by atoms with Gasteiger partial charge in [0.25, 0.3) is 0 Å². The second-order valence-electron chi connectivity index (χ2n) is 2.93. The van der Waals surface area contributed by atoms with E-state index in [0.29, 0.717) is 6.07 Å². The van der Waals surface area contributed by atoms with Gasteiger partial charge >= 0.3 is 5.97 Å². The van der Waals surface area contributed by atoms with E-state index >= 15 is 0 Å². The molecule has 0 aromatic heterocycles. The molecule has 0 saturated carbocycles. The van der Waals surface area contributed by atoms with E-state index in [1.54, 1.807) is 0 Å². The lowest BCUT2D eigenvalue weighted by molar-refractivity contribution is 0.0589. The Kier molecular flexibility index (Phi) is 3.79. The number of halogens is 2. The van der Waals surface area contributed by atoms with Crippen molar-refractivity contribution < 1.29 is 26.7 Å². The molecule has 5 nitrogen and oxygen atoms in total. The van der Waals surface area contributed by atoms with Gasteiger partial charge in [-0.3, -0.25) is 0 Å². The smallest absolute Gasteiger partial charge is 0.343 e. The van der Waals surface area contributed by atoms with E-state index in [1.807, 2.05) is 4.72 Å². The molecule has 0 spiro atoms. The molecule has 0 amide bonds. The molecule has 0 radical (unpaired) electrons. The number of sulfonamides is 1. The number of carbonyl (C=O) groups excluding carboxylic acids is 1. The standard InChI is InChI=1S/C9H9F2NO4S/c1-12-17(14,15)6-4-3-5(10)7(8(6)11)9(13)16-2/h3-4,12H,1-2H3. The lowest BCUT2D eigenvalue weighted by atomic mass is 10.2. The van der Waals surface area contributed by atoms with Crippen molar-refractivity contribution in [2.75, 3.05) is 14.2 Å². The average Bonchev–Trinajstić information content (AvgIpc) is 2.28. The first-order chi connectivity index (χ1) is 7.85. The quantitative estimate of drug-likeness (QED) is 0.815. The molecule has 0 atom stereocenters. The van der Waals surface area contributed by atoms with Gasteiger partial charge in [0.05, 0.1) is 7.11 Å². The summed E-state index contributed by atoms with van der Waals surface area (Å²) in [4.78, 5) is 10.3. The molecule has 0 aliphatic rings. The molecule has 94 valence electrons. The van der Waals surface area contributed by atoms with Crippen LogP contribution in [0.3, 0.4) is 0 Å². The van der Waals surface area contributed by atoms with Crippen LogP contribution < -0.4 is 4.72 Å². The molecule has 1 rings (SSSR count). The van der Waals surface area contributed by atoms with Crippen LogP contribution in [0.1, 0.15) is 10.4 Å². The van der Waals surface area contributed by atoms with E-state index in [1.165, 1.54) is 0 Å². The second-order valence-corrected chi connectivity index (χ2v) is 4.79. The predicted molar refractivity (Wildman–Crippen MR) is 53.9 cm³/mol. The summed E-state index contributed by atoms with van der Waals surface area (Å²) < 4.78 is 55.7. The zero-order chi connectivity index (χ0) is 13.2. The Morgan fingerprint density at radius 1 is 1.35 bits per heavy atom. The fourth-order valence-corrected chi connectivity index (χ4v) is 1.95. The molecule has 1 aromatic carbocycles. The van der Waals surface area contributed by atoms with Crippen molar-refractivity contribution in [3.8, 4) is 0 Å². The third kappa shape index (κ3) is 2.42. The summed E-state index contributed by atoms with van der Waals surface area (Å²) in [6.07, 6.45) is 0. The van der Waals surface area contributed by atoms with E-state index in [-0.39, 0.29) is 0 Å². The number of esters is 1. The Hall–Kier alpha value is -1.54. The number of carbonyl (C=O) groups is 1. The maximum absolute atomic E-state index is 13.7. The van der Waals surface area contributed by atoms with Crippen molar-refractivity contribution >= 4 is 16.0 Å². The van der Waals surface area contributed by atoms with Gasteiger partial charge in [0, 0.05) is 0 Å². The van der Waals surface area contributed by atoms with Crippen LogP contribution in [0.25, 0.3) is 0 Å². The van der Waals surface area contributed by atoms with Crippen LogP contribution in [-0.4, -0.2) is 28.5 Å². The van der Waals surface area contributed by atoms with Gasteiger partial charge in [-0.15, -0.1) is 0 Å². The topological polar surface area (TPSA) is 72.5 Å². The Bertz CT molecular complexity index is 556. The fourth-order valence-electron chi connectivity index (χ4n) is 1.14. The van der Waals surface area contributed by atoms with Gasteiger partial charge in [-0.25, -0.2) is 26.7 Å². The highest BCUT2D eigenvalue weighted by Gasteiger charge is 2.26. The lowest BCUT2D eigenvalue weighted by Gasteiger charge is -2.08. The summed E-state index contributed by atoms with van der Waals surface area (Å²) in [5.74, 6) is -3.95. The number of nitrogens with one attached hydrogen (secondary N) is 1. The zero-order valence-corrected chi connectivity index (χ0v) is 9.77. The lowest BCUT2D eigenvalue weighted by Crippen LogP contribution is -2.21. The van der Waals surface area contributed by atoms with E-state index in [4.69, 9.17) is 0 Å². The molecule has 1 N–H and O–H groups in total. The minimum atomic E-state index is -4.11.